The van der Waals surface area contributed by atoms with Crippen molar-refractivity contribution in [2.75, 3.05) is 17.6 Å². The Balaban J connectivity index is 1.43. The Hall–Kier alpha value is -3.39. The topological polar surface area (TPSA) is 121 Å². The first-order valence-corrected chi connectivity index (χ1v) is 11.3. The van der Waals surface area contributed by atoms with Crippen LogP contribution < -0.4 is 16.8 Å². The van der Waals surface area contributed by atoms with Crippen LogP contribution in [-0.2, 0) is 13.0 Å². The molecule has 1 fully saturated rings. The van der Waals surface area contributed by atoms with Gasteiger partial charge in [-0.05, 0) is 43.0 Å². The average Bonchev–Trinajstić information content (AvgIpc) is 3.57. The number of fused-ring (bicyclic) bond motifs is 1. The molecule has 0 spiro atoms. The summed E-state index contributed by atoms with van der Waals surface area (Å²) < 4.78 is 7.47. The Labute approximate surface area is 187 Å². The van der Waals surface area contributed by atoms with Gasteiger partial charge in [-0.1, -0.05) is 37.1 Å². The molecule has 8 heteroatoms. The highest BCUT2D eigenvalue weighted by molar-refractivity contribution is 5.85. The van der Waals surface area contributed by atoms with E-state index >= 15 is 0 Å². The smallest absolute Gasteiger partial charge is 0.224 e. The largest absolute Gasteiger partial charge is 0.472 e. The van der Waals surface area contributed by atoms with Gasteiger partial charge in [0.05, 0.1) is 12.5 Å². The highest BCUT2D eigenvalue weighted by Crippen LogP contribution is 2.35. The molecule has 0 amide bonds. The molecule has 1 saturated carbocycles. The molecule has 3 heterocycles. The summed E-state index contributed by atoms with van der Waals surface area (Å²) in [6.45, 7) is 1.26. The Morgan fingerprint density at radius 2 is 1.84 bits per heavy atom. The van der Waals surface area contributed by atoms with Crippen molar-refractivity contribution < 1.29 is 4.42 Å². The van der Waals surface area contributed by atoms with Gasteiger partial charge in [-0.25, -0.2) is 4.98 Å². The summed E-state index contributed by atoms with van der Waals surface area (Å²) in [7, 11) is 0. The number of nitrogen functional groups attached to an aromatic ring is 1. The molecule has 0 atom stereocenters. The lowest BCUT2D eigenvalue weighted by atomic mass is 10.1. The van der Waals surface area contributed by atoms with Crippen molar-refractivity contribution in [3.8, 4) is 11.1 Å². The molecule has 5 N–H and O–H groups in total. The monoisotopic (exact) mass is 431 g/mol. The van der Waals surface area contributed by atoms with E-state index in [2.05, 4.69) is 44.1 Å². The minimum atomic E-state index is 0.264. The number of aromatic nitrogens is 4. The molecule has 8 nitrogen and oxygen atoms in total. The second-order valence-electron chi connectivity index (χ2n) is 8.39. The molecule has 0 aliphatic heterocycles. The van der Waals surface area contributed by atoms with E-state index in [4.69, 9.17) is 20.9 Å². The number of nitrogens with one attached hydrogen (secondary N) is 1. The van der Waals surface area contributed by atoms with E-state index in [1.807, 2.05) is 6.07 Å². The Morgan fingerprint density at radius 3 is 2.56 bits per heavy atom. The average molecular weight is 432 g/mol. The van der Waals surface area contributed by atoms with Crippen molar-refractivity contribution in [1.29, 1.82) is 0 Å². The minimum Gasteiger partial charge on any atom is -0.472 e. The van der Waals surface area contributed by atoms with Crippen LogP contribution in [0, 0.1) is 0 Å². The minimum absolute atomic E-state index is 0.264. The molecule has 0 bridgehead atoms. The molecular formula is C24H29N7O. The van der Waals surface area contributed by atoms with E-state index in [-0.39, 0.29) is 5.95 Å². The zero-order valence-electron chi connectivity index (χ0n) is 18.1. The third-order valence-electron chi connectivity index (χ3n) is 6.19. The van der Waals surface area contributed by atoms with Crippen molar-refractivity contribution in [3.05, 3.63) is 54.2 Å². The zero-order chi connectivity index (χ0) is 21.9. The molecule has 166 valence electrons. The van der Waals surface area contributed by atoms with Crippen LogP contribution >= 0.6 is 0 Å². The van der Waals surface area contributed by atoms with Gasteiger partial charge in [0.15, 0.2) is 17.0 Å². The highest BCUT2D eigenvalue weighted by atomic mass is 16.3. The van der Waals surface area contributed by atoms with Crippen LogP contribution in [0.15, 0.2) is 47.3 Å². The summed E-state index contributed by atoms with van der Waals surface area (Å²) in [6.07, 6.45) is 9.93. The van der Waals surface area contributed by atoms with Gasteiger partial charge in [0.2, 0.25) is 5.95 Å². The van der Waals surface area contributed by atoms with Crippen LogP contribution in [0.4, 0.5) is 11.8 Å². The van der Waals surface area contributed by atoms with Crippen LogP contribution in [0.25, 0.3) is 22.3 Å². The lowest BCUT2D eigenvalue weighted by molar-refractivity contribution is 0.504. The number of imidazole rings is 1. The number of anilines is 2. The first kappa shape index (κ1) is 20.5. The summed E-state index contributed by atoms with van der Waals surface area (Å²) >= 11 is 0. The zero-order valence-corrected chi connectivity index (χ0v) is 18.1. The second-order valence-corrected chi connectivity index (χ2v) is 8.39. The van der Waals surface area contributed by atoms with E-state index < -0.39 is 0 Å². The number of rotatable bonds is 8. The predicted molar refractivity (Wildman–Crippen MR) is 126 cm³/mol. The maximum absolute atomic E-state index is 6.11. The van der Waals surface area contributed by atoms with Crippen molar-refractivity contribution in [3.63, 3.8) is 0 Å². The molecule has 0 saturated heterocycles. The van der Waals surface area contributed by atoms with E-state index in [9.17, 15) is 0 Å². The van der Waals surface area contributed by atoms with Gasteiger partial charge < -0.3 is 25.8 Å². The number of nitrogens with zero attached hydrogens (tertiary/aromatic N) is 4. The third kappa shape index (κ3) is 4.05. The standard InChI is InChI=1S/C24H29N7O/c25-12-3-6-20-28-21-22(29-24(26)30-23(21)31(20)19-4-1-2-5-19)27-14-16-7-9-17(10-8-16)18-11-13-32-15-18/h7-11,13,15,19H,1-6,12,14,25H2,(H3,26,27,29,30). The SMILES string of the molecule is NCCCc1nc2c(NCc3ccc(-c4ccoc4)cc3)nc(N)nc2n1C1CCCC1. The van der Waals surface area contributed by atoms with Crippen LogP contribution in [-0.4, -0.2) is 26.1 Å². The number of hydrogen-bond donors (Lipinski definition) is 3. The summed E-state index contributed by atoms with van der Waals surface area (Å²) in [5.74, 6) is 1.97. The fourth-order valence-corrected chi connectivity index (χ4v) is 4.57. The van der Waals surface area contributed by atoms with Gasteiger partial charge in [0.1, 0.15) is 5.82 Å². The van der Waals surface area contributed by atoms with Gasteiger partial charge in [0, 0.05) is 24.6 Å². The summed E-state index contributed by atoms with van der Waals surface area (Å²) in [5, 5.41) is 3.44. The second kappa shape index (κ2) is 9.00. The third-order valence-corrected chi connectivity index (χ3v) is 6.19. The van der Waals surface area contributed by atoms with Crippen molar-refractivity contribution in [1.82, 2.24) is 19.5 Å². The summed E-state index contributed by atoms with van der Waals surface area (Å²) in [6, 6.07) is 10.8. The maximum Gasteiger partial charge on any atom is 0.224 e. The quantitative estimate of drug-likeness (QED) is 0.380. The van der Waals surface area contributed by atoms with E-state index in [1.165, 1.54) is 12.8 Å². The summed E-state index contributed by atoms with van der Waals surface area (Å²) in [5.41, 5.74) is 16.8. The molecule has 4 aromatic rings. The maximum atomic E-state index is 6.11. The molecule has 0 radical (unpaired) electrons. The van der Waals surface area contributed by atoms with Gasteiger partial charge in [-0.2, -0.15) is 9.97 Å². The molecule has 1 aromatic carbocycles. The van der Waals surface area contributed by atoms with Gasteiger partial charge in [-0.15, -0.1) is 0 Å². The highest BCUT2D eigenvalue weighted by Gasteiger charge is 2.25. The number of hydrogen-bond acceptors (Lipinski definition) is 7. The number of benzene rings is 1. The fraction of sp³-hybridized carbons (Fsp3) is 0.375. The predicted octanol–water partition coefficient (Wildman–Crippen LogP) is 4.29. The molecular weight excluding hydrogens is 402 g/mol. The first-order valence-electron chi connectivity index (χ1n) is 11.3. The Bertz CT molecular complexity index is 1180. The molecule has 1 aliphatic rings. The van der Waals surface area contributed by atoms with Gasteiger partial charge >= 0.3 is 0 Å². The van der Waals surface area contributed by atoms with Crippen LogP contribution in [0.3, 0.4) is 0 Å². The first-order chi connectivity index (χ1) is 15.7. The molecule has 3 aromatic heterocycles. The van der Waals surface area contributed by atoms with Crippen molar-refractivity contribution >= 4 is 22.9 Å². The van der Waals surface area contributed by atoms with Crippen LogP contribution in [0.2, 0.25) is 0 Å². The van der Waals surface area contributed by atoms with E-state index in [1.54, 1.807) is 12.5 Å². The van der Waals surface area contributed by atoms with Crippen LogP contribution in [0.1, 0.15) is 49.5 Å². The van der Waals surface area contributed by atoms with Crippen LogP contribution in [0.5, 0.6) is 0 Å². The van der Waals surface area contributed by atoms with Crippen molar-refractivity contribution in [2.45, 2.75) is 51.1 Å². The normalized spacial score (nSPS) is 14.4. The molecule has 1 aliphatic carbocycles. The van der Waals surface area contributed by atoms with E-state index in [0.29, 0.717) is 24.9 Å². The lowest BCUT2D eigenvalue weighted by Crippen LogP contribution is -2.12. The lowest BCUT2D eigenvalue weighted by Gasteiger charge is -2.16. The fourth-order valence-electron chi connectivity index (χ4n) is 4.57. The number of furan rings is 1. The van der Waals surface area contributed by atoms with E-state index in [0.717, 1.165) is 59.4 Å². The van der Waals surface area contributed by atoms with Gasteiger partial charge in [-0.3, -0.25) is 0 Å². The summed E-state index contributed by atoms with van der Waals surface area (Å²) in [4.78, 5) is 14.0. The number of nitrogens with two attached hydrogens (primary N) is 2. The number of aryl methyl sites for hydroxylation is 1. The van der Waals surface area contributed by atoms with Crippen molar-refractivity contribution in [2.24, 2.45) is 5.73 Å². The Morgan fingerprint density at radius 1 is 1.03 bits per heavy atom. The Kier molecular flexibility index (Phi) is 5.77. The molecule has 0 unspecified atom stereocenters. The molecule has 32 heavy (non-hydrogen) atoms. The van der Waals surface area contributed by atoms with Gasteiger partial charge in [0.25, 0.3) is 0 Å². The molecule has 5 rings (SSSR count).